The first-order valence-electron chi connectivity index (χ1n) is 5.82. The fourth-order valence-corrected chi connectivity index (χ4v) is 2.03. The van der Waals surface area contributed by atoms with Crippen molar-refractivity contribution < 1.29 is 13.9 Å². The van der Waals surface area contributed by atoms with Crippen molar-refractivity contribution in [2.24, 2.45) is 5.92 Å². The lowest BCUT2D eigenvalue weighted by molar-refractivity contribution is -0.119. The Kier molecular flexibility index (Phi) is 4.36. The van der Waals surface area contributed by atoms with Crippen LogP contribution in [0.15, 0.2) is 12.3 Å². The zero-order chi connectivity index (χ0) is 13.0. The van der Waals surface area contributed by atoms with Crippen LogP contribution in [0.3, 0.4) is 0 Å². The zero-order valence-corrected chi connectivity index (χ0v) is 10.6. The molecule has 2 rings (SSSR count). The summed E-state index contributed by atoms with van der Waals surface area (Å²) in [5.41, 5.74) is 0. The number of amides is 1. The molecule has 1 amide bonds. The normalized spacial score (nSPS) is 16.7. The Bertz CT molecular complexity index is 423. The highest BCUT2D eigenvalue weighted by Gasteiger charge is 2.18. The molecule has 0 unspecified atom stereocenters. The minimum atomic E-state index is -0.579. The molecule has 0 aliphatic carbocycles. The van der Waals surface area contributed by atoms with E-state index in [1.165, 1.54) is 12.3 Å². The molecule has 0 aromatic carbocycles. The van der Waals surface area contributed by atoms with E-state index in [1.54, 1.807) is 4.90 Å². The summed E-state index contributed by atoms with van der Waals surface area (Å²) in [7, 11) is 0. The van der Waals surface area contributed by atoms with Crippen LogP contribution >= 0.6 is 11.6 Å². The number of hydrogen-bond acceptors (Lipinski definition) is 3. The third kappa shape index (κ3) is 3.32. The molecule has 0 bridgehead atoms. The number of carbonyl (C=O) groups is 1. The van der Waals surface area contributed by atoms with Gasteiger partial charge in [-0.05, 0) is 18.8 Å². The van der Waals surface area contributed by atoms with E-state index >= 15 is 0 Å². The predicted octanol–water partition coefficient (Wildman–Crippen LogP) is 2.12. The standard InChI is InChI=1S/C12H14ClFN2O2/c13-12-11(14)5-10(6-15-12)18-7-9-1-3-16(8-17)4-2-9/h5-6,8-9H,1-4,7H2. The van der Waals surface area contributed by atoms with Crippen molar-refractivity contribution in [2.45, 2.75) is 12.8 Å². The Morgan fingerprint density at radius 1 is 1.56 bits per heavy atom. The van der Waals surface area contributed by atoms with Crippen molar-refractivity contribution in [3.8, 4) is 5.75 Å². The van der Waals surface area contributed by atoms with Crippen LogP contribution in [0.25, 0.3) is 0 Å². The van der Waals surface area contributed by atoms with E-state index in [2.05, 4.69) is 4.98 Å². The molecule has 0 radical (unpaired) electrons. The van der Waals surface area contributed by atoms with Crippen molar-refractivity contribution >= 4 is 18.0 Å². The van der Waals surface area contributed by atoms with Gasteiger partial charge in [-0.2, -0.15) is 0 Å². The zero-order valence-electron chi connectivity index (χ0n) is 9.81. The number of piperidine rings is 1. The number of nitrogens with zero attached hydrogens (tertiary/aromatic N) is 2. The highest BCUT2D eigenvalue weighted by molar-refractivity contribution is 6.29. The molecule has 1 aromatic heterocycles. The number of pyridine rings is 1. The van der Waals surface area contributed by atoms with Crippen LogP contribution in [0.2, 0.25) is 5.15 Å². The second kappa shape index (κ2) is 6.00. The van der Waals surface area contributed by atoms with Crippen molar-refractivity contribution in [3.63, 3.8) is 0 Å². The minimum Gasteiger partial charge on any atom is -0.492 e. The van der Waals surface area contributed by atoms with Crippen molar-refractivity contribution in [3.05, 3.63) is 23.2 Å². The Hall–Kier alpha value is -1.36. The fraction of sp³-hybridized carbons (Fsp3) is 0.500. The summed E-state index contributed by atoms with van der Waals surface area (Å²) >= 11 is 5.48. The van der Waals surface area contributed by atoms with Gasteiger partial charge in [0.05, 0.1) is 12.8 Å². The van der Waals surface area contributed by atoms with Gasteiger partial charge in [-0.15, -0.1) is 0 Å². The molecule has 98 valence electrons. The number of halogens is 2. The molecule has 4 nitrogen and oxygen atoms in total. The smallest absolute Gasteiger partial charge is 0.209 e. The molecule has 0 atom stereocenters. The Morgan fingerprint density at radius 3 is 2.89 bits per heavy atom. The SMILES string of the molecule is O=CN1CCC(COc2cnc(Cl)c(F)c2)CC1. The van der Waals surface area contributed by atoms with Crippen LogP contribution < -0.4 is 4.74 Å². The molecule has 18 heavy (non-hydrogen) atoms. The van der Waals surface area contributed by atoms with Gasteiger partial charge in [0.1, 0.15) is 5.75 Å². The highest BCUT2D eigenvalue weighted by Crippen LogP contribution is 2.20. The Morgan fingerprint density at radius 2 is 2.28 bits per heavy atom. The highest BCUT2D eigenvalue weighted by atomic mass is 35.5. The quantitative estimate of drug-likeness (QED) is 0.623. The summed E-state index contributed by atoms with van der Waals surface area (Å²) in [6.45, 7) is 2.02. The summed E-state index contributed by atoms with van der Waals surface area (Å²) in [6.07, 6.45) is 4.09. The van der Waals surface area contributed by atoms with Gasteiger partial charge in [0.2, 0.25) is 6.41 Å². The van der Waals surface area contributed by atoms with Crippen LogP contribution in [0.5, 0.6) is 5.75 Å². The number of likely N-dealkylation sites (tertiary alicyclic amines) is 1. The van der Waals surface area contributed by atoms with Gasteiger partial charge in [-0.25, -0.2) is 9.37 Å². The lowest BCUT2D eigenvalue weighted by atomic mass is 9.98. The molecule has 1 saturated heterocycles. The molecule has 1 aliphatic heterocycles. The van der Waals surface area contributed by atoms with Gasteiger partial charge in [0, 0.05) is 19.2 Å². The van der Waals surface area contributed by atoms with Crippen molar-refractivity contribution in [2.75, 3.05) is 19.7 Å². The Balaban J connectivity index is 1.81. The third-order valence-electron chi connectivity index (χ3n) is 3.06. The monoisotopic (exact) mass is 272 g/mol. The first-order valence-corrected chi connectivity index (χ1v) is 6.20. The van der Waals surface area contributed by atoms with Crippen LogP contribution in [0.1, 0.15) is 12.8 Å². The van der Waals surface area contributed by atoms with Crippen molar-refractivity contribution in [1.82, 2.24) is 9.88 Å². The van der Waals surface area contributed by atoms with E-state index in [-0.39, 0.29) is 5.15 Å². The largest absolute Gasteiger partial charge is 0.492 e. The van der Waals surface area contributed by atoms with E-state index in [0.717, 1.165) is 32.3 Å². The summed E-state index contributed by atoms with van der Waals surface area (Å²) in [5.74, 6) is 0.194. The minimum absolute atomic E-state index is 0.151. The molecule has 0 spiro atoms. The molecule has 2 heterocycles. The van der Waals surface area contributed by atoms with E-state index in [9.17, 15) is 9.18 Å². The topological polar surface area (TPSA) is 42.4 Å². The van der Waals surface area contributed by atoms with Crippen LogP contribution in [-0.2, 0) is 4.79 Å². The predicted molar refractivity (Wildman–Crippen MR) is 65.1 cm³/mol. The number of hydrogen-bond donors (Lipinski definition) is 0. The molecule has 1 aromatic rings. The molecular weight excluding hydrogens is 259 g/mol. The van der Waals surface area contributed by atoms with Gasteiger partial charge in [-0.3, -0.25) is 4.79 Å². The second-order valence-corrected chi connectivity index (χ2v) is 4.70. The maximum absolute atomic E-state index is 13.1. The van der Waals surface area contributed by atoms with E-state index in [0.29, 0.717) is 18.3 Å². The molecule has 6 heteroatoms. The maximum atomic E-state index is 13.1. The van der Waals surface area contributed by atoms with E-state index in [1.807, 2.05) is 0 Å². The average molecular weight is 273 g/mol. The molecular formula is C12H14ClFN2O2. The van der Waals surface area contributed by atoms with Gasteiger partial charge in [0.25, 0.3) is 0 Å². The van der Waals surface area contributed by atoms with Crippen LogP contribution in [0, 0.1) is 11.7 Å². The third-order valence-corrected chi connectivity index (χ3v) is 3.33. The van der Waals surface area contributed by atoms with Gasteiger partial charge >= 0.3 is 0 Å². The molecule has 0 N–H and O–H groups in total. The van der Waals surface area contributed by atoms with Crippen LogP contribution in [0.4, 0.5) is 4.39 Å². The summed E-state index contributed by atoms with van der Waals surface area (Å²) in [6, 6.07) is 1.23. The summed E-state index contributed by atoms with van der Waals surface area (Å²) < 4.78 is 18.6. The molecule has 1 fully saturated rings. The lowest BCUT2D eigenvalue weighted by Gasteiger charge is -2.28. The van der Waals surface area contributed by atoms with Crippen LogP contribution in [-0.4, -0.2) is 36.0 Å². The number of ether oxygens (including phenoxy) is 1. The first kappa shape index (κ1) is 13.1. The number of aromatic nitrogens is 1. The average Bonchev–Trinajstić information content (AvgIpc) is 2.41. The van der Waals surface area contributed by atoms with Gasteiger partial charge in [-0.1, -0.05) is 11.6 Å². The van der Waals surface area contributed by atoms with E-state index in [4.69, 9.17) is 16.3 Å². The molecule has 0 saturated carbocycles. The molecule has 1 aliphatic rings. The number of rotatable bonds is 4. The maximum Gasteiger partial charge on any atom is 0.209 e. The lowest BCUT2D eigenvalue weighted by Crippen LogP contribution is -2.34. The summed E-state index contributed by atoms with van der Waals surface area (Å²) in [4.78, 5) is 16.0. The first-order chi connectivity index (χ1) is 8.69. The second-order valence-electron chi connectivity index (χ2n) is 4.34. The Labute approximate surface area is 110 Å². The van der Waals surface area contributed by atoms with Gasteiger partial charge < -0.3 is 9.64 Å². The van der Waals surface area contributed by atoms with Gasteiger partial charge in [0.15, 0.2) is 11.0 Å². The van der Waals surface area contributed by atoms with E-state index < -0.39 is 5.82 Å². The number of carbonyl (C=O) groups excluding carboxylic acids is 1. The fourth-order valence-electron chi connectivity index (χ4n) is 1.92. The van der Waals surface area contributed by atoms with Crippen molar-refractivity contribution in [1.29, 1.82) is 0 Å². The summed E-state index contributed by atoms with van der Waals surface area (Å²) in [5, 5.41) is -0.151.